The molecule has 7 heteroatoms. The summed E-state index contributed by atoms with van der Waals surface area (Å²) in [6.45, 7) is 0. The maximum Gasteiger partial charge on any atom is 0.280 e. The Kier molecular flexibility index (Phi) is 3.44. The number of thiophene rings is 1. The lowest BCUT2D eigenvalue weighted by Crippen LogP contribution is -2.23. The smallest absolute Gasteiger partial charge is 0.266 e. The Bertz CT molecular complexity index is 774. The van der Waals surface area contributed by atoms with Gasteiger partial charge < -0.3 is 0 Å². The molecule has 3 rings (SSSR count). The van der Waals surface area contributed by atoms with Gasteiger partial charge in [0.1, 0.15) is 0 Å². The second-order valence-corrected chi connectivity index (χ2v) is 5.31. The Labute approximate surface area is 123 Å². The maximum atomic E-state index is 12.1. The molecule has 1 aromatic carbocycles. The van der Waals surface area contributed by atoms with E-state index in [1.807, 2.05) is 41.8 Å². The average molecular weight is 302 g/mol. The van der Waals surface area contributed by atoms with E-state index in [2.05, 4.69) is 15.6 Å². The molecule has 2 heterocycles. The van der Waals surface area contributed by atoms with Crippen LogP contribution in [0.3, 0.4) is 0 Å². The van der Waals surface area contributed by atoms with Crippen LogP contribution in [0, 0.1) is 4.77 Å². The highest BCUT2D eigenvalue weighted by Crippen LogP contribution is 2.16. The maximum absolute atomic E-state index is 12.1. The highest BCUT2D eigenvalue weighted by atomic mass is 32.1. The molecule has 20 heavy (non-hydrogen) atoms. The normalized spacial score (nSPS) is 10.4. The molecule has 0 radical (unpaired) electrons. The number of nitrogens with zero attached hydrogens (tertiary/aromatic N) is 2. The molecule has 0 spiro atoms. The van der Waals surface area contributed by atoms with Crippen molar-refractivity contribution in [2.45, 2.75) is 0 Å². The first kappa shape index (κ1) is 12.8. The van der Waals surface area contributed by atoms with Crippen molar-refractivity contribution in [2.24, 2.45) is 0 Å². The summed E-state index contributed by atoms with van der Waals surface area (Å²) in [6, 6.07) is 13.1. The average Bonchev–Trinajstić information content (AvgIpc) is 3.11. The third-order valence-corrected chi connectivity index (χ3v) is 3.81. The Morgan fingerprint density at radius 1 is 1.25 bits per heavy atom. The van der Waals surface area contributed by atoms with Crippen LogP contribution in [0.4, 0.5) is 0 Å². The largest absolute Gasteiger partial charge is 0.280 e. The zero-order valence-corrected chi connectivity index (χ0v) is 11.9. The monoisotopic (exact) mass is 302 g/mol. The Hall–Kier alpha value is -2.25. The zero-order valence-electron chi connectivity index (χ0n) is 10.2. The lowest BCUT2D eigenvalue weighted by atomic mass is 10.2. The fourth-order valence-electron chi connectivity index (χ4n) is 1.75. The summed E-state index contributed by atoms with van der Waals surface area (Å²) < 4.78 is 1.82. The number of amides is 1. The van der Waals surface area contributed by atoms with Crippen molar-refractivity contribution < 1.29 is 4.79 Å². The molecule has 2 aromatic heterocycles. The van der Waals surface area contributed by atoms with Gasteiger partial charge in [-0.25, -0.2) is 9.77 Å². The van der Waals surface area contributed by atoms with Crippen LogP contribution < -0.4 is 5.43 Å². The molecule has 0 aliphatic rings. The molecule has 0 bridgehead atoms. The van der Waals surface area contributed by atoms with Gasteiger partial charge in [0.25, 0.3) is 5.91 Å². The standard InChI is InChI=1S/C13H10N4OS2/c18-12(10-7-4-8-20-10)16-17-11(14-15-13(17)19)9-5-2-1-3-6-9/h1-8H,(H,15,19)(H,16,18). The van der Waals surface area contributed by atoms with Gasteiger partial charge in [0.05, 0.1) is 4.88 Å². The van der Waals surface area contributed by atoms with Crippen LogP contribution in [-0.4, -0.2) is 20.8 Å². The lowest BCUT2D eigenvalue weighted by Gasteiger charge is -2.07. The summed E-state index contributed by atoms with van der Waals surface area (Å²) in [7, 11) is 0. The van der Waals surface area contributed by atoms with Crippen molar-refractivity contribution in [1.29, 1.82) is 0 Å². The van der Waals surface area contributed by atoms with Crippen LogP contribution in [0.5, 0.6) is 0 Å². The minimum Gasteiger partial charge on any atom is -0.266 e. The van der Waals surface area contributed by atoms with Gasteiger partial charge in [-0.05, 0) is 23.7 Å². The molecule has 0 atom stereocenters. The number of aromatic nitrogens is 3. The third kappa shape index (κ3) is 2.40. The number of carbonyl (C=O) groups excluding carboxylic acids is 1. The highest BCUT2D eigenvalue weighted by Gasteiger charge is 2.13. The predicted octanol–water partition coefficient (Wildman–Crippen LogP) is 3.05. The number of rotatable bonds is 3. The molecule has 3 aromatic rings. The quantitative estimate of drug-likeness (QED) is 0.731. The molecule has 0 aliphatic carbocycles. The molecular weight excluding hydrogens is 292 g/mol. The second-order valence-electron chi connectivity index (χ2n) is 3.97. The molecule has 0 aliphatic heterocycles. The van der Waals surface area contributed by atoms with Crippen LogP contribution in [0.25, 0.3) is 11.4 Å². The summed E-state index contributed by atoms with van der Waals surface area (Å²) >= 11 is 6.52. The van der Waals surface area contributed by atoms with Crippen LogP contribution >= 0.6 is 23.6 Å². The number of hydrogen-bond acceptors (Lipinski definition) is 4. The van der Waals surface area contributed by atoms with E-state index in [4.69, 9.17) is 12.2 Å². The van der Waals surface area contributed by atoms with Gasteiger partial charge in [-0.2, -0.15) is 5.10 Å². The number of benzene rings is 1. The molecule has 5 nitrogen and oxygen atoms in total. The third-order valence-electron chi connectivity index (χ3n) is 2.66. The highest BCUT2D eigenvalue weighted by molar-refractivity contribution is 7.71. The van der Waals surface area contributed by atoms with Crippen molar-refractivity contribution in [2.75, 3.05) is 5.43 Å². The SMILES string of the molecule is O=C(Nn1c(-c2ccccc2)n[nH]c1=S)c1cccs1. The van der Waals surface area contributed by atoms with Crippen molar-refractivity contribution in [3.8, 4) is 11.4 Å². The van der Waals surface area contributed by atoms with Crippen LogP contribution in [-0.2, 0) is 0 Å². The van der Waals surface area contributed by atoms with Crippen molar-refractivity contribution in [3.05, 3.63) is 57.5 Å². The van der Waals surface area contributed by atoms with Gasteiger partial charge in [-0.1, -0.05) is 36.4 Å². The lowest BCUT2D eigenvalue weighted by molar-refractivity contribution is 0.101. The minimum absolute atomic E-state index is 0.213. The van der Waals surface area contributed by atoms with E-state index in [1.165, 1.54) is 16.0 Å². The van der Waals surface area contributed by atoms with Gasteiger partial charge in [0, 0.05) is 5.56 Å². The van der Waals surface area contributed by atoms with Crippen LogP contribution in [0.2, 0.25) is 0 Å². The molecule has 0 unspecified atom stereocenters. The summed E-state index contributed by atoms with van der Waals surface area (Å²) in [5, 5.41) is 8.69. The number of hydrogen-bond donors (Lipinski definition) is 2. The van der Waals surface area contributed by atoms with Gasteiger partial charge in [0.15, 0.2) is 5.82 Å². The fraction of sp³-hybridized carbons (Fsp3) is 0. The van der Waals surface area contributed by atoms with Gasteiger partial charge in [0.2, 0.25) is 4.77 Å². The Morgan fingerprint density at radius 2 is 2.05 bits per heavy atom. The fourth-order valence-corrected chi connectivity index (χ4v) is 2.54. The van der Waals surface area contributed by atoms with E-state index < -0.39 is 0 Å². The first-order chi connectivity index (χ1) is 9.75. The summed E-state index contributed by atoms with van der Waals surface area (Å²) in [4.78, 5) is 12.7. The molecule has 0 fully saturated rings. The Morgan fingerprint density at radius 3 is 2.75 bits per heavy atom. The van der Waals surface area contributed by atoms with E-state index in [9.17, 15) is 4.79 Å². The van der Waals surface area contributed by atoms with Crippen molar-refractivity contribution in [3.63, 3.8) is 0 Å². The number of aromatic amines is 1. The molecule has 100 valence electrons. The summed E-state index contributed by atoms with van der Waals surface area (Å²) in [5.74, 6) is 0.357. The zero-order chi connectivity index (χ0) is 13.9. The van der Waals surface area contributed by atoms with Crippen LogP contribution in [0.15, 0.2) is 47.8 Å². The van der Waals surface area contributed by atoms with Crippen LogP contribution in [0.1, 0.15) is 9.67 Å². The Balaban J connectivity index is 1.96. The number of carbonyl (C=O) groups is 1. The van der Waals surface area contributed by atoms with Crippen molar-refractivity contribution >= 4 is 29.5 Å². The topological polar surface area (TPSA) is 62.7 Å². The minimum atomic E-state index is -0.213. The van der Waals surface area contributed by atoms with Gasteiger partial charge >= 0.3 is 0 Å². The summed E-state index contributed by atoms with van der Waals surface area (Å²) in [6.07, 6.45) is 0. The second kappa shape index (κ2) is 5.40. The summed E-state index contributed by atoms with van der Waals surface area (Å²) in [5.41, 5.74) is 3.62. The van der Waals surface area contributed by atoms with Gasteiger partial charge in [-0.3, -0.25) is 10.2 Å². The van der Waals surface area contributed by atoms with Gasteiger partial charge in [-0.15, -0.1) is 11.3 Å². The molecular formula is C13H10N4OS2. The van der Waals surface area contributed by atoms with Crippen molar-refractivity contribution in [1.82, 2.24) is 14.9 Å². The van der Waals surface area contributed by atoms with E-state index in [0.29, 0.717) is 15.5 Å². The van der Waals surface area contributed by atoms with E-state index in [0.717, 1.165) is 5.56 Å². The first-order valence-electron chi connectivity index (χ1n) is 5.83. The van der Waals surface area contributed by atoms with E-state index in [1.54, 1.807) is 6.07 Å². The first-order valence-corrected chi connectivity index (χ1v) is 7.12. The van der Waals surface area contributed by atoms with E-state index in [-0.39, 0.29) is 5.91 Å². The number of nitrogens with one attached hydrogen (secondary N) is 2. The molecule has 0 saturated heterocycles. The molecule has 0 saturated carbocycles. The molecule has 2 N–H and O–H groups in total. The van der Waals surface area contributed by atoms with E-state index >= 15 is 0 Å². The molecule has 1 amide bonds. The predicted molar refractivity (Wildman–Crippen MR) is 80.9 cm³/mol. The number of H-pyrrole nitrogens is 1.